The van der Waals surface area contributed by atoms with Crippen molar-refractivity contribution in [3.63, 3.8) is 0 Å². The fourth-order valence-corrected chi connectivity index (χ4v) is 6.57. The van der Waals surface area contributed by atoms with E-state index in [0.717, 1.165) is 22.3 Å². The first-order valence-electron chi connectivity index (χ1n) is 14.8. The number of aryl methyl sites for hydroxylation is 4. The molecule has 0 saturated heterocycles. The molecular formula is C40H33N3. The number of rotatable bonds is 4. The highest BCUT2D eigenvalue weighted by molar-refractivity contribution is 6.14. The van der Waals surface area contributed by atoms with Crippen LogP contribution in [0.4, 0.5) is 0 Å². The monoisotopic (exact) mass is 555 g/mol. The van der Waals surface area contributed by atoms with Crippen molar-refractivity contribution < 1.29 is 0 Å². The van der Waals surface area contributed by atoms with Crippen LogP contribution in [0.1, 0.15) is 27.8 Å². The van der Waals surface area contributed by atoms with Crippen LogP contribution < -0.4 is 0 Å². The van der Waals surface area contributed by atoms with Crippen molar-refractivity contribution in [3.05, 3.63) is 138 Å². The van der Waals surface area contributed by atoms with E-state index in [4.69, 9.17) is 9.97 Å². The zero-order valence-corrected chi connectivity index (χ0v) is 25.2. The third-order valence-electron chi connectivity index (χ3n) is 8.79. The fourth-order valence-electron chi connectivity index (χ4n) is 6.57. The number of aromatic nitrogens is 3. The molecule has 0 spiro atoms. The van der Waals surface area contributed by atoms with E-state index in [1.165, 1.54) is 71.8 Å². The summed E-state index contributed by atoms with van der Waals surface area (Å²) in [5, 5.41) is 3.60. The summed E-state index contributed by atoms with van der Waals surface area (Å²) in [6.07, 6.45) is 7.56. The van der Waals surface area contributed by atoms with Crippen molar-refractivity contribution in [2.75, 3.05) is 0 Å². The quantitative estimate of drug-likeness (QED) is 0.203. The Morgan fingerprint density at radius 2 is 1.26 bits per heavy atom. The van der Waals surface area contributed by atoms with Gasteiger partial charge in [-0.15, -0.1) is 0 Å². The van der Waals surface area contributed by atoms with Gasteiger partial charge in [0.15, 0.2) is 0 Å². The van der Waals surface area contributed by atoms with Crippen LogP contribution in [-0.2, 0) is 0 Å². The van der Waals surface area contributed by atoms with E-state index in [2.05, 4.69) is 118 Å². The van der Waals surface area contributed by atoms with Gasteiger partial charge in [-0.3, -0.25) is 15.0 Å². The first-order chi connectivity index (χ1) is 20.9. The predicted octanol–water partition coefficient (Wildman–Crippen LogP) is 10.4. The zero-order chi connectivity index (χ0) is 29.7. The van der Waals surface area contributed by atoms with E-state index < -0.39 is 0 Å². The highest BCUT2D eigenvalue weighted by Crippen LogP contribution is 2.43. The largest absolute Gasteiger partial charge is 0.265 e. The molecule has 0 atom stereocenters. The summed E-state index contributed by atoms with van der Waals surface area (Å²) < 4.78 is 0. The smallest absolute Gasteiger partial charge is 0.0714 e. The van der Waals surface area contributed by atoms with Gasteiger partial charge in [0.1, 0.15) is 0 Å². The Bertz CT molecular complexity index is 2180. The number of fused-ring (bicyclic) bond motifs is 3. The molecule has 3 aromatic heterocycles. The second kappa shape index (κ2) is 10.6. The van der Waals surface area contributed by atoms with E-state index in [-0.39, 0.29) is 0 Å². The average molecular weight is 556 g/mol. The summed E-state index contributed by atoms with van der Waals surface area (Å²) in [5.74, 6) is 0. The van der Waals surface area contributed by atoms with Crippen LogP contribution in [0, 0.1) is 34.6 Å². The minimum atomic E-state index is 1.00. The molecule has 43 heavy (non-hydrogen) atoms. The van der Waals surface area contributed by atoms with E-state index in [1.54, 1.807) is 0 Å². The van der Waals surface area contributed by atoms with Crippen molar-refractivity contribution in [1.82, 2.24) is 15.0 Å². The summed E-state index contributed by atoms with van der Waals surface area (Å²) in [5.41, 5.74) is 16.7. The molecule has 0 unspecified atom stereocenters. The Labute approximate surface area is 253 Å². The lowest BCUT2D eigenvalue weighted by Crippen LogP contribution is -1.98. The highest BCUT2D eigenvalue weighted by atomic mass is 14.7. The zero-order valence-electron chi connectivity index (χ0n) is 25.2. The molecule has 0 fully saturated rings. The van der Waals surface area contributed by atoms with E-state index in [0.29, 0.717) is 0 Å². The molecule has 0 saturated carbocycles. The number of hydrogen-bond donors (Lipinski definition) is 0. The summed E-state index contributed by atoms with van der Waals surface area (Å²) >= 11 is 0. The molecule has 208 valence electrons. The van der Waals surface area contributed by atoms with Crippen LogP contribution in [0.25, 0.3) is 66.3 Å². The molecule has 0 aliphatic carbocycles. The SMILES string of the molecule is Cc1cnc(-c2cccc(-c3c(C)cc(C)c(-c4cc5ncccc5c5ccc(-c6ccncc6)cc45)c3C)c2)cc1C. The summed E-state index contributed by atoms with van der Waals surface area (Å²) in [6, 6.07) is 30.7. The summed E-state index contributed by atoms with van der Waals surface area (Å²) in [4.78, 5) is 13.8. The maximum Gasteiger partial charge on any atom is 0.0714 e. The Hall–Kier alpha value is -5.15. The lowest BCUT2D eigenvalue weighted by molar-refractivity contribution is 1.22. The summed E-state index contributed by atoms with van der Waals surface area (Å²) in [6.45, 7) is 11.0. The van der Waals surface area contributed by atoms with E-state index in [9.17, 15) is 0 Å². The van der Waals surface area contributed by atoms with Crippen molar-refractivity contribution >= 4 is 21.7 Å². The molecule has 0 aliphatic rings. The van der Waals surface area contributed by atoms with Crippen LogP contribution in [0.15, 0.2) is 110 Å². The van der Waals surface area contributed by atoms with Gasteiger partial charge in [0.25, 0.3) is 0 Å². The van der Waals surface area contributed by atoms with Crippen LogP contribution in [-0.4, -0.2) is 15.0 Å². The van der Waals surface area contributed by atoms with Gasteiger partial charge in [-0.25, -0.2) is 0 Å². The van der Waals surface area contributed by atoms with Gasteiger partial charge in [-0.1, -0.05) is 42.5 Å². The molecular weight excluding hydrogens is 522 g/mol. The number of pyridine rings is 3. The van der Waals surface area contributed by atoms with Gasteiger partial charge >= 0.3 is 0 Å². The van der Waals surface area contributed by atoms with Crippen LogP contribution >= 0.6 is 0 Å². The third kappa shape index (κ3) is 4.67. The van der Waals surface area contributed by atoms with Crippen LogP contribution in [0.5, 0.6) is 0 Å². The van der Waals surface area contributed by atoms with E-state index >= 15 is 0 Å². The number of hydrogen-bond acceptors (Lipinski definition) is 3. The first kappa shape index (κ1) is 26.7. The third-order valence-corrected chi connectivity index (χ3v) is 8.79. The van der Waals surface area contributed by atoms with Crippen molar-refractivity contribution in [2.45, 2.75) is 34.6 Å². The molecule has 4 aromatic carbocycles. The number of nitrogens with zero attached hydrogens (tertiary/aromatic N) is 3. The van der Waals surface area contributed by atoms with Gasteiger partial charge in [-0.2, -0.15) is 0 Å². The van der Waals surface area contributed by atoms with Crippen molar-refractivity contribution in [2.24, 2.45) is 0 Å². The summed E-state index contributed by atoms with van der Waals surface area (Å²) in [7, 11) is 0. The maximum atomic E-state index is 4.80. The predicted molar refractivity (Wildman–Crippen MR) is 180 cm³/mol. The van der Waals surface area contributed by atoms with Gasteiger partial charge in [0.2, 0.25) is 0 Å². The molecule has 0 amide bonds. The molecule has 0 N–H and O–H groups in total. The molecule has 3 nitrogen and oxygen atoms in total. The molecule has 7 aromatic rings. The highest BCUT2D eigenvalue weighted by Gasteiger charge is 2.19. The molecule has 0 bridgehead atoms. The molecule has 7 rings (SSSR count). The standard InChI is InChI=1S/C40H33N3/c1-24-19-37(43-23-27(24)4)31-8-6-9-32(20-31)39-25(2)18-26(3)40(28(39)5)36-22-38-34(10-7-15-42-38)33-12-11-30(21-35(33)36)29-13-16-41-17-14-29/h6-23H,1-5H3. The molecule has 0 radical (unpaired) electrons. The normalized spacial score (nSPS) is 11.4. The minimum absolute atomic E-state index is 1.00. The molecule has 3 heteroatoms. The van der Waals surface area contributed by atoms with Crippen molar-refractivity contribution in [3.8, 4) is 44.6 Å². The van der Waals surface area contributed by atoms with Gasteiger partial charge < -0.3 is 0 Å². The second-order valence-electron chi connectivity index (χ2n) is 11.6. The first-order valence-corrected chi connectivity index (χ1v) is 14.8. The van der Waals surface area contributed by atoms with Gasteiger partial charge in [0, 0.05) is 35.7 Å². The van der Waals surface area contributed by atoms with E-state index in [1.807, 2.05) is 30.9 Å². The second-order valence-corrected chi connectivity index (χ2v) is 11.6. The van der Waals surface area contributed by atoms with Gasteiger partial charge in [0.05, 0.1) is 11.2 Å². The minimum Gasteiger partial charge on any atom is -0.265 e. The lowest BCUT2D eigenvalue weighted by atomic mass is 9.83. The Balaban J connectivity index is 1.48. The Morgan fingerprint density at radius 1 is 0.465 bits per heavy atom. The Kier molecular flexibility index (Phi) is 6.59. The van der Waals surface area contributed by atoms with Crippen molar-refractivity contribution in [1.29, 1.82) is 0 Å². The fraction of sp³-hybridized carbons (Fsp3) is 0.125. The molecule has 3 heterocycles. The average Bonchev–Trinajstić information content (AvgIpc) is 3.02. The lowest BCUT2D eigenvalue weighted by Gasteiger charge is -2.21. The number of benzene rings is 4. The maximum absolute atomic E-state index is 4.80. The van der Waals surface area contributed by atoms with Gasteiger partial charge in [-0.05, 0) is 149 Å². The van der Waals surface area contributed by atoms with Crippen LogP contribution in [0.2, 0.25) is 0 Å². The van der Waals surface area contributed by atoms with Crippen LogP contribution in [0.3, 0.4) is 0 Å². The Morgan fingerprint density at radius 3 is 2.07 bits per heavy atom. The molecule has 0 aliphatic heterocycles. The topological polar surface area (TPSA) is 38.7 Å².